The van der Waals surface area contributed by atoms with Crippen LogP contribution >= 0.6 is 0 Å². The predicted molar refractivity (Wildman–Crippen MR) is 162 cm³/mol. The minimum atomic E-state index is 1.01. The third kappa shape index (κ3) is 3.06. The highest BCUT2D eigenvalue weighted by Gasteiger charge is 2.25. The SMILES string of the molecule is c1ccc2c(c1)Cc1c(-c3ccc4c(c3)Cc3ccc(-c5cccc6c5Cc5ccccc5-6)cc3-4)cccc1-2. The summed E-state index contributed by atoms with van der Waals surface area (Å²) in [5.74, 6) is 0. The molecule has 0 unspecified atom stereocenters. The van der Waals surface area contributed by atoms with Crippen LogP contribution in [0.5, 0.6) is 0 Å². The van der Waals surface area contributed by atoms with E-state index in [1.165, 1.54) is 89.0 Å². The molecular weight excluding hydrogens is 468 g/mol. The standard InChI is InChI=1S/C39H26/c1-3-9-30-24(7-1)22-38-32(11-5-13-35(30)38)26-17-18-34-29(19-26)20-27-15-16-28(21-37(27)34)33-12-6-14-36-31-10-4-2-8-25(31)23-39(33)36/h1-19,21H,20,22-23H2. The van der Waals surface area contributed by atoms with Crippen molar-refractivity contribution < 1.29 is 0 Å². The van der Waals surface area contributed by atoms with Gasteiger partial charge in [-0.15, -0.1) is 0 Å². The lowest BCUT2D eigenvalue weighted by atomic mass is 9.92. The fourth-order valence-electron chi connectivity index (χ4n) is 7.38. The predicted octanol–water partition coefficient (Wildman–Crippen LogP) is 9.73. The average molecular weight is 495 g/mol. The molecule has 0 spiro atoms. The van der Waals surface area contributed by atoms with Crippen LogP contribution in [0.2, 0.25) is 0 Å². The quantitative estimate of drug-likeness (QED) is 0.224. The summed E-state index contributed by atoms with van der Waals surface area (Å²) in [5.41, 5.74) is 22.5. The second-order valence-electron chi connectivity index (χ2n) is 11.3. The first kappa shape index (κ1) is 21.3. The van der Waals surface area contributed by atoms with Gasteiger partial charge in [0, 0.05) is 0 Å². The summed E-state index contributed by atoms with van der Waals surface area (Å²) in [6.45, 7) is 0. The highest BCUT2D eigenvalue weighted by Crippen LogP contribution is 2.46. The molecule has 0 saturated heterocycles. The summed E-state index contributed by atoms with van der Waals surface area (Å²) in [6, 6.07) is 45.6. The van der Waals surface area contributed by atoms with E-state index in [4.69, 9.17) is 0 Å². The Balaban J connectivity index is 1.11. The second kappa shape index (κ2) is 7.91. The Morgan fingerprint density at radius 1 is 0.282 bits per heavy atom. The smallest absolute Gasteiger partial charge is 0.000729 e. The molecule has 3 aliphatic carbocycles. The molecule has 0 N–H and O–H groups in total. The summed E-state index contributed by atoms with van der Waals surface area (Å²) in [7, 11) is 0. The van der Waals surface area contributed by atoms with Gasteiger partial charge in [0.1, 0.15) is 0 Å². The first-order valence-electron chi connectivity index (χ1n) is 14.0. The van der Waals surface area contributed by atoms with Crippen LogP contribution in [0, 0.1) is 0 Å². The molecule has 0 bridgehead atoms. The Morgan fingerprint density at radius 2 is 0.769 bits per heavy atom. The van der Waals surface area contributed by atoms with Crippen molar-refractivity contribution in [2.24, 2.45) is 0 Å². The molecule has 6 aromatic carbocycles. The van der Waals surface area contributed by atoms with E-state index in [1.54, 1.807) is 0 Å². The molecule has 0 aromatic heterocycles. The maximum Gasteiger partial charge on any atom is -0.000729 e. The van der Waals surface area contributed by atoms with Crippen molar-refractivity contribution in [2.75, 3.05) is 0 Å². The highest BCUT2D eigenvalue weighted by atomic mass is 14.3. The topological polar surface area (TPSA) is 0 Å². The largest absolute Gasteiger partial charge is 0.0619 e. The van der Waals surface area contributed by atoms with Crippen molar-refractivity contribution in [3.63, 3.8) is 0 Å². The minimum absolute atomic E-state index is 1.01. The molecule has 0 amide bonds. The van der Waals surface area contributed by atoms with E-state index in [0.717, 1.165) is 19.3 Å². The molecular formula is C39H26. The van der Waals surface area contributed by atoms with Gasteiger partial charge in [-0.2, -0.15) is 0 Å². The van der Waals surface area contributed by atoms with Crippen molar-refractivity contribution >= 4 is 0 Å². The molecule has 0 aliphatic heterocycles. The van der Waals surface area contributed by atoms with Crippen molar-refractivity contribution in [3.05, 3.63) is 155 Å². The summed E-state index contributed by atoms with van der Waals surface area (Å²) < 4.78 is 0. The van der Waals surface area contributed by atoms with Gasteiger partial charge in [-0.25, -0.2) is 0 Å². The van der Waals surface area contributed by atoms with Crippen LogP contribution in [0.25, 0.3) is 55.6 Å². The van der Waals surface area contributed by atoms with Crippen molar-refractivity contribution in [1.29, 1.82) is 0 Å². The van der Waals surface area contributed by atoms with Crippen LogP contribution in [-0.4, -0.2) is 0 Å². The van der Waals surface area contributed by atoms with Gasteiger partial charge in [0.05, 0.1) is 0 Å². The lowest BCUT2D eigenvalue weighted by Gasteiger charge is -2.12. The van der Waals surface area contributed by atoms with Gasteiger partial charge >= 0.3 is 0 Å². The van der Waals surface area contributed by atoms with Crippen LogP contribution in [0.3, 0.4) is 0 Å². The Morgan fingerprint density at radius 3 is 1.44 bits per heavy atom. The van der Waals surface area contributed by atoms with E-state index in [-0.39, 0.29) is 0 Å². The molecule has 9 rings (SSSR count). The van der Waals surface area contributed by atoms with E-state index in [1.807, 2.05) is 0 Å². The van der Waals surface area contributed by atoms with Crippen LogP contribution < -0.4 is 0 Å². The zero-order chi connectivity index (χ0) is 25.5. The van der Waals surface area contributed by atoms with Gasteiger partial charge in [0.25, 0.3) is 0 Å². The Hall–Kier alpha value is -4.68. The Kier molecular flexibility index (Phi) is 4.32. The molecule has 0 atom stereocenters. The number of fused-ring (bicyclic) bond motifs is 9. The van der Waals surface area contributed by atoms with E-state index in [9.17, 15) is 0 Å². The minimum Gasteiger partial charge on any atom is -0.0619 e. The summed E-state index contributed by atoms with van der Waals surface area (Å²) in [6.07, 6.45) is 3.05. The molecule has 0 fully saturated rings. The van der Waals surface area contributed by atoms with Gasteiger partial charge < -0.3 is 0 Å². The zero-order valence-electron chi connectivity index (χ0n) is 21.7. The maximum atomic E-state index is 2.45. The Bertz CT molecular complexity index is 1990. The summed E-state index contributed by atoms with van der Waals surface area (Å²) >= 11 is 0. The van der Waals surface area contributed by atoms with E-state index in [0.29, 0.717) is 0 Å². The molecule has 0 nitrogen and oxygen atoms in total. The third-order valence-electron chi connectivity index (χ3n) is 9.21. The molecule has 0 radical (unpaired) electrons. The molecule has 0 heteroatoms. The number of hydrogen-bond acceptors (Lipinski definition) is 0. The molecule has 3 aliphatic rings. The zero-order valence-corrected chi connectivity index (χ0v) is 21.7. The fraction of sp³-hybridized carbons (Fsp3) is 0.0769. The molecule has 39 heavy (non-hydrogen) atoms. The maximum absolute atomic E-state index is 2.45. The first-order valence-corrected chi connectivity index (χ1v) is 14.0. The van der Waals surface area contributed by atoms with Gasteiger partial charge in [-0.1, -0.05) is 115 Å². The third-order valence-corrected chi connectivity index (χ3v) is 9.21. The van der Waals surface area contributed by atoms with E-state index in [2.05, 4.69) is 121 Å². The monoisotopic (exact) mass is 494 g/mol. The normalized spacial score (nSPS) is 13.3. The molecule has 0 heterocycles. The first-order chi connectivity index (χ1) is 19.3. The van der Waals surface area contributed by atoms with Crippen molar-refractivity contribution in [1.82, 2.24) is 0 Å². The van der Waals surface area contributed by atoms with Crippen LogP contribution in [-0.2, 0) is 19.3 Å². The van der Waals surface area contributed by atoms with Gasteiger partial charge in [0.2, 0.25) is 0 Å². The average Bonchev–Trinajstić information content (AvgIpc) is 3.67. The van der Waals surface area contributed by atoms with E-state index < -0.39 is 0 Å². The molecule has 6 aromatic rings. The number of hydrogen-bond donors (Lipinski definition) is 0. The van der Waals surface area contributed by atoms with Gasteiger partial charge in [0.15, 0.2) is 0 Å². The van der Waals surface area contributed by atoms with Gasteiger partial charge in [-0.3, -0.25) is 0 Å². The molecule has 0 saturated carbocycles. The summed E-state index contributed by atoms with van der Waals surface area (Å²) in [5, 5.41) is 0. The van der Waals surface area contributed by atoms with Crippen LogP contribution in [0.15, 0.2) is 121 Å². The number of benzene rings is 6. The Labute approximate surface area is 229 Å². The number of rotatable bonds is 2. The highest BCUT2D eigenvalue weighted by molar-refractivity contribution is 5.90. The summed E-state index contributed by atoms with van der Waals surface area (Å²) in [4.78, 5) is 0. The van der Waals surface area contributed by atoms with Crippen LogP contribution in [0.4, 0.5) is 0 Å². The lowest BCUT2D eigenvalue weighted by Crippen LogP contribution is -1.90. The van der Waals surface area contributed by atoms with Crippen LogP contribution in [0.1, 0.15) is 33.4 Å². The van der Waals surface area contributed by atoms with E-state index >= 15 is 0 Å². The van der Waals surface area contributed by atoms with Gasteiger partial charge in [-0.05, 0) is 114 Å². The fourth-order valence-corrected chi connectivity index (χ4v) is 7.38. The van der Waals surface area contributed by atoms with Crippen molar-refractivity contribution in [3.8, 4) is 55.6 Å². The van der Waals surface area contributed by atoms with Crippen molar-refractivity contribution in [2.45, 2.75) is 19.3 Å². The second-order valence-corrected chi connectivity index (χ2v) is 11.3. The molecule has 182 valence electrons. The lowest BCUT2D eigenvalue weighted by molar-refractivity contribution is 1.25.